The van der Waals surface area contributed by atoms with Gasteiger partial charge in [0.1, 0.15) is 5.69 Å². The lowest BCUT2D eigenvalue weighted by atomic mass is 10.2. The summed E-state index contributed by atoms with van der Waals surface area (Å²) >= 11 is 5.84. The molecule has 0 bridgehead atoms. The Bertz CT molecular complexity index is 873. The molecule has 0 saturated heterocycles. The lowest BCUT2D eigenvalue weighted by Crippen LogP contribution is -2.24. The van der Waals surface area contributed by atoms with Gasteiger partial charge in [-0.25, -0.2) is 0 Å². The first kappa shape index (κ1) is 17.1. The number of aliphatic hydroxyl groups is 1. The fourth-order valence-electron chi connectivity index (χ4n) is 2.28. The van der Waals surface area contributed by atoms with Crippen LogP contribution in [0, 0.1) is 6.92 Å². The van der Waals surface area contributed by atoms with E-state index in [1.807, 2.05) is 43.3 Å². The fraction of sp³-hybridized carbons (Fsp3) is 0.167. The molecule has 0 aliphatic heterocycles. The molecular formula is C18H17ClN4O2. The normalized spacial score (nSPS) is 10.7. The number of nitrogens with zero attached hydrogens (tertiary/aromatic N) is 3. The molecule has 1 aromatic heterocycles. The number of aliphatic hydroxyl groups excluding tert-OH is 1. The third kappa shape index (κ3) is 4.04. The summed E-state index contributed by atoms with van der Waals surface area (Å²) in [7, 11) is 0. The van der Waals surface area contributed by atoms with Gasteiger partial charge >= 0.3 is 0 Å². The summed E-state index contributed by atoms with van der Waals surface area (Å²) in [5, 5.41) is 21.3. The maximum Gasteiger partial charge on any atom is 0.274 e. The number of aromatic nitrogens is 3. The Labute approximate surface area is 150 Å². The summed E-state index contributed by atoms with van der Waals surface area (Å²) in [5.74, 6) is -0.391. The zero-order valence-corrected chi connectivity index (χ0v) is 14.4. The van der Waals surface area contributed by atoms with Gasteiger partial charge in [-0.05, 0) is 36.8 Å². The van der Waals surface area contributed by atoms with E-state index in [1.165, 1.54) is 4.80 Å². The van der Waals surface area contributed by atoms with Gasteiger partial charge in [0.25, 0.3) is 5.91 Å². The minimum absolute atomic E-state index is 0.108. The summed E-state index contributed by atoms with van der Waals surface area (Å²) in [5.41, 5.74) is 3.08. The molecule has 0 spiro atoms. The molecule has 0 atom stereocenters. The molecule has 0 saturated carbocycles. The monoisotopic (exact) mass is 356 g/mol. The first-order valence-corrected chi connectivity index (χ1v) is 8.11. The molecule has 1 amide bonds. The number of benzene rings is 2. The molecule has 3 aromatic rings. The van der Waals surface area contributed by atoms with Crippen molar-refractivity contribution in [2.75, 3.05) is 0 Å². The molecule has 128 valence electrons. The van der Waals surface area contributed by atoms with Crippen molar-refractivity contribution < 1.29 is 9.90 Å². The Morgan fingerprint density at radius 1 is 1.12 bits per heavy atom. The highest BCUT2D eigenvalue weighted by molar-refractivity contribution is 6.30. The predicted octanol–water partition coefficient (Wildman–Crippen LogP) is 2.65. The standard InChI is InChI=1S/C18H17ClN4O2/c1-12-2-8-15(9-3-12)23-21-16(11-24)17(22-23)18(25)20-10-13-4-6-14(19)7-5-13/h2-9,24H,10-11H2,1H3,(H,20,25). The Morgan fingerprint density at radius 2 is 1.80 bits per heavy atom. The number of hydrogen-bond donors (Lipinski definition) is 2. The van der Waals surface area contributed by atoms with E-state index >= 15 is 0 Å². The van der Waals surface area contributed by atoms with Crippen LogP contribution in [-0.2, 0) is 13.2 Å². The van der Waals surface area contributed by atoms with E-state index in [-0.39, 0.29) is 18.0 Å². The lowest BCUT2D eigenvalue weighted by Gasteiger charge is -2.04. The fourth-order valence-corrected chi connectivity index (χ4v) is 2.41. The predicted molar refractivity (Wildman–Crippen MR) is 94.6 cm³/mol. The van der Waals surface area contributed by atoms with E-state index in [1.54, 1.807) is 12.1 Å². The van der Waals surface area contributed by atoms with Crippen molar-refractivity contribution in [3.05, 3.63) is 76.1 Å². The molecule has 2 N–H and O–H groups in total. The van der Waals surface area contributed by atoms with Crippen LogP contribution in [0.3, 0.4) is 0 Å². The number of amides is 1. The van der Waals surface area contributed by atoms with Gasteiger partial charge in [0.2, 0.25) is 0 Å². The zero-order chi connectivity index (χ0) is 17.8. The van der Waals surface area contributed by atoms with Gasteiger partial charge in [-0.15, -0.1) is 10.2 Å². The van der Waals surface area contributed by atoms with E-state index < -0.39 is 5.91 Å². The van der Waals surface area contributed by atoms with Crippen molar-refractivity contribution in [2.45, 2.75) is 20.1 Å². The van der Waals surface area contributed by atoms with E-state index in [2.05, 4.69) is 15.5 Å². The number of carbonyl (C=O) groups excluding carboxylic acids is 1. The maximum absolute atomic E-state index is 12.4. The summed E-state index contributed by atoms with van der Waals surface area (Å²) in [6.45, 7) is 1.95. The highest BCUT2D eigenvalue weighted by atomic mass is 35.5. The zero-order valence-electron chi connectivity index (χ0n) is 13.6. The van der Waals surface area contributed by atoms with Crippen LogP contribution >= 0.6 is 11.6 Å². The summed E-state index contributed by atoms with van der Waals surface area (Å²) in [4.78, 5) is 13.7. The van der Waals surface area contributed by atoms with Crippen LogP contribution in [0.1, 0.15) is 27.3 Å². The molecule has 2 aromatic carbocycles. The second-order valence-electron chi connectivity index (χ2n) is 5.59. The van der Waals surface area contributed by atoms with Crippen LogP contribution in [-0.4, -0.2) is 26.0 Å². The van der Waals surface area contributed by atoms with Crippen LogP contribution in [0.2, 0.25) is 5.02 Å². The molecular weight excluding hydrogens is 340 g/mol. The Kier molecular flexibility index (Phi) is 5.11. The topological polar surface area (TPSA) is 80.0 Å². The van der Waals surface area contributed by atoms with E-state index in [0.717, 1.165) is 16.8 Å². The Balaban J connectivity index is 1.77. The third-order valence-corrected chi connectivity index (χ3v) is 3.93. The molecule has 1 heterocycles. The molecule has 7 heteroatoms. The molecule has 0 radical (unpaired) electrons. The van der Waals surface area contributed by atoms with E-state index in [4.69, 9.17) is 11.6 Å². The van der Waals surface area contributed by atoms with Gasteiger partial charge in [-0.2, -0.15) is 4.80 Å². The van der Waals surface area contributed by atoms with Crippen LogP contribution in [0.25, 0.3) is 5.69 Å². The van der Waals surface area contributed by atoms with E-state index in [9.17, 15) is 9.90 Å². The number of hydrogen-bond acceptors (Lipinski definition) is 4. The summed E-state index contributed by atoms with van der Waals surface area (Å²) in [6.07, 6.45) is 0. The quantitative estimate of drug-likeness (QED) is 0.736. The minimum atomic E-state index is -0.391. The first-order valence-electron chi connectivity index (χ1n) is 7.73. The molecule has 6 nitrogen and oxygen atoms in total. The highest BCUT2D eigenvalue weighted by Crippen LogP contribution is 2.12. The third-order valence-electron chi connectivity index (χ3n) is 3.68. The lowest BCUT2D eigenvalue weighted by molar-refractivity contribution is 0.0942. The summed E-state index contributed by atoms with van der Waals surface area (Å²) < 4.78 is 0. The average molecular weight is 357 g/mol. The second-order valence-corrected chi connectivity index (χ2v) is 6.02. The largest absolute Gasteiger partial charge is 0.390 e. The summed E-state index contributed by atoms with van der Waals surface area (Å²) in [6, 6.07) is 14.7. The molecule has 0 aliphatic carbocycles. The highest BCUT2D eigenvalue weighted by Gasteiger charge is 2.18. The minimum Gasteiger partial charge on any atom is -0.390 e. The second kappa shape index (κ2) is 7.46. The molecule has 0 fully saturated rings. The molecule has 0 unspecified atom stereocenters. The van der Waals surface area contributed by atoms with Gasteiger partial charge in [-0.3, -0.25) is 4.79 Å². The van der Waals surface area contributed by atoms with Crippen molar-refractivity contribution >= 4 is 17.5 Å². The van der Waals surface area contributed by atoms with Gasteiger partial charge in [0, 0.05) is 11.6 Å². The van der Waals surface area contributed by atoms with Gasteiger partial charge in [0.05, 0.1) is 12.3 Å². The average Bonchev–Trinajstić information content (AvgIpc) is 3.06. The van der Waals surface area contributed by atoms with Crippen molar-refractivity contribution in [2.24, 2.45) is 0 Å². The van der Waals surface area contributed by atoms with Crippen molar-refractivity contribution in [3.63, 3.8) is 0 Å². The van der Waals surface area contributed by atoms with Crippen molar-refractivity contribution in [1.29, 1.82) is 0 Å². The first-order chi connectivity index (χ1) is 12.1. The molecule has 0 aliphatic rings. The Hall–Kier alpha value is -2.70. The number of halogens is 1. The van der Waals surface area contributed by atoms with Gasteiger partial charge in [-0.1, -0.05) is 41.4 Å². The van der Waals surface area contributed by atoms with Gasteiger partial charge in [0.15, 0.2) is 5.69 Å². The number of aryl methyl sites for hydroxylation is 1. The number of nitrogens with one attached hydrogen (secondary N) is 1. The van der Waals surface area contributed by atoms with Crippen LogP contribution < -0.4 is 5.32 Å². The maximum atomic E-state index is 12.4. The Morgan fingerprint density at radius 3 is 2.44 bits per heavy atom. The number of rotatable bonds is 5. The SMILES string of the molecule is Cc1ccc(-n2nc(CO)c(C(=O)NCc3ccc(Cl)cc3)n2)cc1. The van der Waals surface area contributed by atoms with Crippen molar-refractivity contribution in [3.8, 4) is 5.69 Å². The molecule has 25 heavy (non-hydrogen) atoms. The molecule has 3 rings (SSSR count). The smallest absolute Gasteiger partial charge is 0.274 e. The van der Waals surface area contributed by atoms with Crippen LogP contribution in [0.4, 0.5) is 0 Å². The van der Waals surface area contributed by atoms with Crippen molar-refractivity contribution in [1.82, 2.24) is 20.3 Å². The van der Waals surface area contributed by atoms with E-state index in [0.29, 0.717) is 11.6 Å². The van der Waals surface area contributed by atoms with Gasteiger partial charge < -0.3 is 10.4 Å². The number of carbonyl (C=O) groups is 1. The van der Waals surface area contributed by atoms with Crippen LogP contribution in [0.5, 0.6) is 0 Å². The van der Waals surface area contributed by atoms with Crippen LogP contribution in [0.15, 0.2) is 48.5 Å².